The summed E-state index contributed by atoms with van der Waals surface area (Å²) < 4.78 is 28.3. The molecule has 0 spiro atoms. The highest BCUT2D eigenvalue weighted by Gasteiger charge is 2.30. The van der Waals surface area contributed by atoms with Crippen molar-refractivity contribution >= 4 is 37.5 Å². The zero-order valence-electron chi connectivity index (χ0n) is 16.0. The summed E-state index contributed by atoms with van der Waals surface area (Å²) in [5, 5.41) is 2.88. The third-order valence-electron chi connectivity index (χ3n) is 4.81. The molecule has 0 radical (unpaired) electrons. The lowest BCUT2D eigenvalue weighted by Gasteiger charge is -2.33. The number of nitrogens with one attached hydrogen (secondary N) is 1. The monoisotopic (exact) mass is 465 g/mol. The van der Waals surface area contributed by atoms with Gasteiger partial charge in [-0.15, -0.1) is 0 Å². The maximum absolute atomic E-state index is 13.0. The van der Waals surface area contributed by atoms with Crippen LogP contribution in [0.2, 0.25) is 0 Å². The summed E-state index contributed by atoms with van der Waals surface area (Å²) in [6.07, 6.45) is 0. The van der Waals surface area contributed by atoms with Gasteiger partial charge in [-0.1, -0.05) is 24.3 Å². The predicted octanol–water partition coefficient (Wildman–Crippen LogP) is 3.01. The van der Waals surface area contributed by atoms with Gasteiger partial charge in [-0.2, -0.15) is 4.31 Å². The number of sulfonamides is 1. The van der Waals surface area contributed by atoms with Crippen LogP contribution >= 0.6 is 15.9 Å². The highest BCUT2D eigenvalue weighted by Crippen LogP contribution is 2.23. The Morgan fingerprint density at radius 3 is 2.43 bits per heavy atom. The smallest absolute Gasteiger partial charge is 0.243 e. The van der Waals surface area contributed by atoms with Crippen molar-refractivity contribution in [1.29, 1.82) is 0 Å². The second-order valence-corrected chi connectivity index (χ2v) is 9.74. The summed E-state index contributed by atoms with van der Waals surface area (Å²) in [4.78, 5) is 14.7. The highest BCUT2D eigenvalue weighted by atomic mass is 79.9. The number of carbonyl (C=O) groups is 1. The van der Waals surface area contributed by atoms with Gasteiger partial charge >= 0.3 is 0 Å². The maximum Gasteiger partial charge on any atom is 0.243 e. The minimum absolute atomic E-state index is 0.113. The van der Waals surface area contributed by atoms with Gasteiger partial charge in [0.05, 0.1) is 17.1 Å². The van der Waals surface area contributed by atoms with E-state index in [0.717, 1.165) is 21.3 Å². The summed E-state index contributed by atoms with van der Waals surface area (Å²) in [5.74, 6) is -0.113. The van der Waals surface area contributed by atoms with E-state index in [-0.39, 0.29) is 12.5 Å². The largest absolute Gasteiger partial charge is 0.324 e. The third-order valence-corrected chi connectivity index (χ3v) is 7.54. The first-order chi connectivity index (χ1) is 13.3. The van der Waals surface area contributed by atoms with Gasteiger partial charge in [0.1, 0.15) is 0 Å². The second-order valence-electron chi connectivity index (χ2n) is 6.98. The molecule has 28 heavy (non-hydrogen) atoms. The van der Waals surface area contributed by atoms with E-state index in [4.69, 9.17) is 0 Å². The molecule has 0 bridgehead atoms. The standard InChI is InChI=1S/C20H24BrN3O3S/c1-15-7-8-16(2)19(13-15)28(26,27)24-11-9-23(10-12-24)14-20(25)22-18-6-4-3-5-17(18)21/h3-8,13H,9-12,14H2,1-2H3,(H,22,25). The zero-order chi connectivity index (χ0) is 20.3. The average Bonchev–Trinajstić information content (AvgIpc) is 2.66. The molecule has 150 valence electrons. The van der Waals surface area contributed by atoms with E-state index in [9.17, 15) is 13.2 Å². The van der Waals surface area contributed by atoms with Crippen LogP contribution in [0.5, 0.6) is 0 Å². The van der Waals surface area contributed by atoms with Gasteiger partial charge < -0.3 is 5.32 Å². The van der Waals surface area contributed by atoms with Crippen molar-refractivity contribution in [2.75, 3.05) is 38.0 Å². The number of piperazine rings is 1. The number of halogens is 1. The van der Waals surface area contributed by atoms with Crippen LogP contribution in [0.4, 0.5) is 5.69 Å². The fraction of sp³-hybridized carbons (Fsp3) is 0.350. The Bertz CT molecular complexity index is 970. The quantitative estimate of drug-likeness (QED) is 0.736. The Kier molecular flexibility index (Phi) is 6.54. The first-order valence-electron chi connectivity index (χ1n) is 9.11. The molecule has 0 unspecified atom stereocenters. The lowest BCUT2D eigenvalue weighted by atomic mass is 10.2. The van der Waals surface area contributed by atoms with Crippen LogP contribution in [0.15, 0.2) is 51.8 Å². The molecular formula is C20H24BrN3O3S. The normalized spacial score (nSPS) is 16.1. The molecule has 3 rings (SSSR count). The third kappa shape index (κ3) is 4.81. The number of carbonyl (C=O) groups excluding carboxylic acids is 1. The summed E-state index contributed by atoms with van der Waals surface area (Å²) in [6.45, 7) is 5.73. The van der Waals surface area contributed by atoms with Crippen LogP contribution in [-0.4, -0.2) is 56.3 Å². The number of rotatable bonds is 5. The van der Waals surface area contributed by atoms with Crippen molar-refractivity contribution in [2.45, 2.75) is 18.7 Å². The van der Waals surface area contributed by atoms with E-state index in [1.807, 2.05) is 55.1 Å². The lowest BCUT2D eigenvalue weighted by molar-refractivity contribution is -0.117. The van der Waals surface area contributed by atoms with Crippen molar-refractivity contribution in [3.63, 3.8) is 0 Å². The van der Waals surface area contributed by atoms with Crippen LogP contribution in [-0.2, 0) is 14.8 Å². The molecule has 2 aromatic rings. The van der Waals surface area contributed by atoms with E-state index in [0.29, 0.717) is 31.1 Å². The number of hydrogen-bond acceptors (Lipinski definition) is 4. The molecular weight excluding hydrogens is 442 g/mol. The number of amides is 1. The minimum atomic E-state index is -3.52. The molecule has 0 saturated carbocycles. The van der Waals surface area contributed by atoms with Crippen molar-refractivity contribution in [1.82, 2.24) is 9.21 Å². The molecule has 8 heteroatoms. The summed E-state index contributed by atoms with van der Waals surface area (Å²) in [5.41, 5.74) is 2.40. The molecule has 1 heterocycles. The fourth-order valence-electron chi connectivity index (χ4n) is 3.21. The van der Waals surface area contributed by atoms with Crippen molar-refractivity contribution < 1.29 is 13.2 Å². The van der Waals surface area contributed by atoms with E-state index in [2.05, 4.69) is 21.2 Å². The molecule has 1 aliphatic rings. The Balaban J connectivity index is 1.59. The number of aryl methyl sites for hydroxylation is 2. The van der Waals surface area contributed by atoms with E-state index in [1.165, 1.54) is 4.31 Å². The Hall–Kier alpha value is -1.74. The number of nitrogens with zero attached hydrogens (tertiary/aromatic N) is 2. The Morgan fingerprint density at radius 2 is 1.75 bits per heavy atom. The average molecular weight is 466 g/mol. The van der Waals surface area contributed by atoms with E-state index < -0.39 is 10.0 Å². The number of para-hydroxylation sites is 1. The van der Waals surface area contributed by atoms with Gasteiger partial charge in [-0.25, -0.2) is 8.42 Å². The highest BCUT2D eigenvalue weighted by molar-refractivity contribution is 9.10. The molecule has 0 aromatic heterocycles. The van der Waals surface area contributed by atoms with Gasteiger partial charge in [0.25, 0.3) is 0 Å². The van der Waals surface area contributed by atoms with Crippen molar-refractivity contribution in [3.8, 4) is 0 Å². The van der Waals surface area contributed by atoms with Gasteiger partial charge in [-0.05, 0) is 59.1 Å². The van der Waals surface area contributed by atoms with E-state index >= 15 is 0 Å². The summed E-state index contributed by atoms with van der Waals surface area (Å²) >= 11 is 3.41. The van der Waals surface area contributed by atoms with Gasteiger partial charge in [0.15, 0.2) is 0 Å². The molecule has 2 aromatic carbocycles. The minimum Gasteiger partial charge on any atom is -0.324 e. The summed E-state index contributed by atoms with van der Waals surface area (Å²) in [6, 6.07) is 12.9. The molecule has 1 saturated heterocycles. The number of anilines is 1. The summed E-state index contributed by atoms with van der Waals surface area (Å²) in [7, 11) is -3.52. The first-order valence-corrected chi connectivity index (χ1v) is 11.3. The molecule has 1 N–H and O–H groups in total. The molecule has 1 amide bonds. The number of benzene rings is 2. The SMILES string of the molecule is Cc1ccc(C)c(S(=O)(=O)N2CCN(CC(=O)Nc3ccccc3Br)CC2)c1. The molecule has 0 atom stereocenters. The van der Waals surface area contributed by atoms with Crippen molar-refractivity contribution in [3.05, 3.63) is 58.1 Å². The van der Waals surface area contributed by atoms with Crippen LogP contribution in [0.25, 0.3) is 0 Å². The second kappa shape index (κ2) is 8.73. The number of hydrogen-bond donors (Lipinski definition) is 1. The van der Waals surface area contributed by atoms with Crippen LogP contribution < -0.4 is 5.32 Å². The van der Waals surface area contributed by atoms with Crippen LogP contribution in [0.3, 0.4) is 0 Å². The Morgan fingerprint density at radius 1 is 1.07 bits per heavy atom. The fourth-order valence-corrected chi connectivity index (χ4v) is 5.32. The van der Waals surface area contributed by atoms with Crippen LogP contribution in [0, 0.1) is 13.8 Å². The topological polar surface area (TPSA) is 69.7 Å². The lowest BCUT2D eigenvalue weighted by Crippen LogP contribution is -2.50. The van der Waals surface area contributed by atoms with E-state index in [1.54, 1.807) is 6.07 Å². The van der Waals surface area contributed by atoms with Gasteiger partial charge in [0.2, 0.25) is 15.9 Å². The van der Waals surface area contributed by atoms with Gasteiger partial charge in [0, 0.05) is 30.7 Å². The molecule has 1 fully saturated rings. The van der Waals surface area contributed by atoms with Crippen molar-refractivity contribution in [2.24, 2.45) is 0 Å². The Labute approximate surface area is 174 Å². The maximum atomic E-state index is 13.0. The molecule has 0 aliphatic carbocycles. The molecule has 6 nitrogen and oxygen atoms in total. The zero-order valence-corrected chi connectivity index (χ0v) is 18.4. The van der Waals surface area contributed by atoms with Crippen LogP contribution in [0.1, 0.15) is 11.1 Å². The first kappa shape index (κ1) is 21.0. The predicted molar refractivity (Wildman–Crippen MR) is 114 cm³/mol. The van der Waals surface area contributed by atoms with Gasteiger partial charge in [-0.3, -0.25) is 9.69 Å². The molecule has 1 aliphatic heterocycles.